The number of rotatable bonds is 9. The number of nitrogens with one attached hydrogen (secondary N) is 1. The van der Waals surface area contributed by atoms with Crippen LogP contribution in [0.2, 0.25) is 0 Å². The maximum atomic E-state index is 4.38. The number of aromatic nitrogens is 3. The van der Waals surface area contributed by atoms with E-state index >= 15 is 0 Å². The van der Waals surface area contributed by atoms with Gasteiger partial charge in [0.05, 0.1) is 0 Å². The van der Waals surface area contributed by atoms with E-state index in [9.17, 15) is 0 Å². The highest BCUT2D eigenvalue weighted by molar-refractivity contribution is 4.85. The first-order chi connectivity index (χ1) is 8.99. The molecule has 1 heterocycles. The van der Waals surface area contributed by atoms with E-state index in [1.54, 1.807) is 6.33 Å². The molecule has 0 aromatic carbocycles. The van der Waals surface area contributed by atoms with E-state index in [0.29, 0.717) is 11.8 Å². The summed E-state index contributed by atoms with van der Waals surface area (Å²) in [4.78, 5) is 4.38. The van der Waals surface area contributed by atoms with Crippen LogP contribution < -0.4 is 5.32 Å². The summed E-state index contributed by atoms with van der Waals surface area (Å²) in [6.07, 6.45) is 3.87. The standard InChI is InChI=1S/C15H30N4/c1-12(2)8-16-9-14(5)6-7-15-17-11-18-19(15)10-13(3)4/h11-14,16H,6-10H2,1-5H3. The van der Waals surface area contributed by atoms with Crippen LogP contribution in [0.5, 0.6) is 0 Å². The van der Waals surface area contributed by atoms with Gasteiger partial charge in [0.15, 0.2) is 0 Å². The molecule has 19 heavy (non-hydrogen) atoms. The molecule has 4 heteroatoms. The third-order valence-corrected chi connectivity index (χ3v) is 3.14. The predicted molar refractivity (Wildman–Crippen MR) is 80.1 cm³/mol. The summed E-state index contributed by atoms with van der Waals surface area (Å²) in [7, 11) is 0. The molecule has 1 aromatic heterocycles. The van der Waals surface area contributed by atoms with Crippen LogP contribution in [-0.2, 0) is 13.0 Å². The molecule has 110 valence electrons. The highest BCUT2D eigenvalue weighted by atomic mass is 15.3. The summed E-state index contributed by atoms with van der Waals surface area (Å²) >= 11 is 0. The van der Waals surface area contributed by atoms with Crippen molar-refractivity contribution in [2.24, 2.45) is 17.8 Å². The molecule has 0 saturated carbocycles. The van der Waals surface area contributed by atoms with Gasteiger partial charge >= 0.3 is 0 Å². The lowest BCUT2D eigenvalue weighted by Crippen LogP contribution is -2.25. The normalized spacial score (nSPS) is 13.4. The molecule has 4 nitrogen and oxygen atoms in total. The molecule has 1 atom stereocenters. The first-order valence-corrected chi connectivity index (χ1v) is 7.56. The van der Waals surface area contributed by atoms with Crippen molar-refractivity contribution in [3.8, 4) is 0 Å². The lowest BCUT2D eigenvalue weighted by molar-refractivity contribution is 0.430. The van der Waals surface area contributed by atoms with E-state index in [4.69, 9.17) is 0 Å². The van der Waals surface area contributed by atoms with Crippen LogP contribution in [-0.4, -0.2) is 27.9 Å². The minimum absolute atomic E-state index is 0.616. The monoisotopic (exact) mass is 266 g/mol. The average molecular weight is 266 g/mol. The largest absolute Gasteiger partial charge is 0.316 e. The van der Waals surface area contributed by atoms with Crippen LogP contribution in [0.1, 0.15) is 46.9 Å². The molecular weight excluding hydrogens is 236 g/mol. The zero-order chi connectivity index (χ0) is 14.3. The van der Waals surface area contributed by atoms with E-state index < -0.39 is 0 Å². The second kappa shape index (κ2) is 8.31. The first-order valence-electron chi connectivity index (χ1n) is 7.56. The number of hydrogen-bond donors (Lipinski definition) is 1. The van der Waals surface area contributed by atoms with Crippen molar-refractivity contribution in [3.63, 3.8) is 0 Å². The Labute approximate surface area is 118 Å². The Hall–Kier alpha value is -0.900. The molecule has 0 aliphatic rings. The fourth-order valence-corrected chi connectivity index (χ4v) is 2.08. The van der Waals surface area contributed by atoms with Gasteiger partial charge in [-0.05, 0) is 37.3 Å². The van der Waals surface area contributed by atoms with E-state index in [-0.39, 0.29) is 0 Å². The molecule has 1 N–H and O–H groups in total. The quantitative estimate of drug-likeness (QED) is 0.747. The number of hydrogen-bond acceptors (Lipinski definition) is 3. The number of aryl methyl sites for hydroxylation is 1. The molecular formula is C15H30N4. The van der Waals surface area contributed by atoms with E-state index in [2.05, 4.69) is 54.7 Å². The maximum Gasteiger partial charge on any atom is 0.138 e. The second-order valence-electron chi connectivity index (χ2n) is 6.45. The van der Waals surface area contributed by atoms with Crippen molar-refractivity contribution in [1.29, 1.82) is 0 Å². The minimum atomic E-state index is 0.616. The molecule has 0 saturated heterocycles. The Morgan fingerprint density at radius 3 is 2.47 bits per heavy atom. The van der Waals surface area contributed by atoms with Crippen molar-refractivity contribution in [2.75, 3.05) is 13.1 Å². The first kappa shape index (κ1) is 16.2. The van der Waals surface area contributed by atoms with Crippen molar-refractivity contribution in [3.05, 3.63) is 12.2 Å². The molecule has 0 amide bonds. The minimum Gasteiger partial charge on any atom is -0.316 e. The summed E-state index contributed by atoms with van der Waals surface area (Å²) in [6.45, 7) is 14.4. The average Bonchev–Trinajstić information content (AvgIpc) is 2.72. The van der Waals surface area contributed by atoms with Gasteiger partial charge in [-0.2, -0.15) is 5.10 Å². The zero-order valence-corrected chi connectivity index (χ0v) is 13.2. The summed E-state index contributed by atoms with van der Waals surface area (Å²) in [5, 5.41) is 7.83. The Morgan fingerprint density at radius 1 is 1.11 bits per heavy atom. The molecule has 1 aromatic rings. The fourth-order valence-electron chi connectivity index (χ4n) is 2.08. The van der Waals surface area contributed by atoms with Gasteiger partial charge < -0.3 is 5.32 Å². The van der Waals surface area contributed by atoms with E-state index in [1.807, 2.05) is 0 Å². The van der Waals surface area contributed by atoms with Crippen molar-refractivity contribution in [2.45, 2.75) is 54.0 Å². The van der Waals surface area contributed by atoms with Crippen LogP contribution >= 0.6 is 0 Å². The SMILES string of the molecule is CC(C)CNCC(C)CCc1ncnn1CC(C)C. The maximum absolute atomic E-state index is 4.38. The summed E-state index contributed by atoms with van der Waals surface area (Å²) in [6, 6.07) is 0. The molecule has 1 rings (SSSR count). The second-order valence-corrected chi connectivity index (χ2v) is 6.45. The van der Waals surface area contributed by atoms with E-state index in [1.165, 1.54) is 6.42 Å². The van der Waals surface area contributed by atoms with Crippen LogP contribution in [0.15, 0.2) is 6.33 Å². The molecule has 0 radical (unpaired) electrons. The smallest absolute Gasteiger partial charge is 0.138 e. The van der Waals surface area contributed by atoms with Crippen molar-refractivity contribution >= 4 is 0 Å². The molecule has 0 fully saturated rings. The highest BCUT2D eigenvalue weighted by Crippen LogP contribution is 2.08. The van der Waals surface area contributed by atoms with Crippen LogP contribution in [0.3, 0.4) is 0 Å². The van der Waals surface area contributed by atoms with Gasteiger partial charge in [-0.1, -0.05) is 34.6 Å². The molecule has 0 aliphatic carbocycles. The Balaban J connectivity index is 2.29. The molecule has 0 aliphatic heterocycles. The van der Waals surface area contributed by atoms with Crippen molar-refractivity contribution < 1.29 is 0 Å². The van der Waals surface area contributed by atoms with E-state index in [0.717, 1.165) is 37.8 Å². The Morgan fingerprint density at radius 2 is 1.84 bits per heavy atom. The number of nitrogens with zero attached hydrogens (tertiary/aromatic N) is 3. The van der Waals surface area contributed by atoms with Gasteiger partial charge in [0.1, 0.15) is 12.2 Å². The third kappa shape index (κ3) is 6.71. The Bertz CT molecular complexity index is 344. The summed E-state index contributed by atoms with van der Waals surface area (Å²) < 4.78 is 2.05. The fraction of sp³-hybridized carbons (Fsp3) is 0.867. The highest BCUT2D eigenvalue weighted by Gasteiger charge is 2.09. The van der Waals surface area contributed by atoms with Gasteiger partial charge in [-0.3, -0.25) is 0 Å². The van der Waals surface area contributed by atoms with Gasteiger partial charge in [0.25, 0.3) is 0 Å². The summed E-state index contributed by atoms with van der Waals surface area (Å²) in [5.74, 6) is 3.15. The van der Waals surface area contributed by atoms with Gasteiger partial charge in [0.2, 0.25) is 0 Å². The van der Waals surface area contributed by atoms with Crippen LogP contribution in [0.25, 0.3) is 0 Å². The van der Waals surface area contributed by atoms with Gasteiger partial charge in [-0.25, -0.2) is 9.67 Å². The van der Waals surface area contributed by atoms with Crippen molar-refractivity contribution in [1.82, 2.24) is 20.1 Å². The van der Waals surface area contributed by atoms with Crippen LogP contribution in [0, 0.1) is 17.8 Å². The summed E-state index contributed by atoms with van der Waals surface area (Å²) in [5.41, 5.74) is 0. The molecule has 0 spiro atoms. The third-order valence-electron chi connectivity index (χ3n) is 3.14. The lowest BCUT2D eigenvalue weighted by atomic mass is 10.0. The predicted octanol–water partition coefficient (Wildman–Crippen LogP) is 2.75. The van der Waals surface area contributed by atoms with Gasteiger partial charge in [-0.15, -0.1) is 0 Å². The topological polar surface area (TPSA) is 42.7 Å². The molecule has 0 bridgehead atoms. The zero-order valence-electron chi connectivity index (χ0n) is 13.2. The lowest BCUT2D eigenvalue weighted by Gasteiger charge is -2.14. The van der Waals surface area contributed by atoms with Gasteiger partial charge in [0, 0.05) is 13.0 Å². The molecule has 1 unspecified atom stereocenters. The van der Waals surface area contributed by atoms with Crippen LogP contribution in [0.4, 0.5) is 0 Å². The Kier molecular flexibility index (Phi) is 7.06.